The zero-order valence-electron chi connectivity index (χ0n) is 8.53. The maximum atomic E-state index is 11.6. The zero-order chi connectivity index (χ0) is 10.6. The van der Waals surface area contributed by atoms with Crippen LogP contribution in [0.15, 0.2) is 0 Å². The first-order valence-corrected chi connectivity index (χ1v) is 4.16. The molecule has 74 valence electrons. The smallest absolute Gasteiger partial charge is 0.242 e. The van der Waals surface area contributed by atoms with Gasteiger partial charge in [0, 0.05) is 7.05 Å². The van der Waals surface area contributed by atoms with E-state index in [2.05, 4.69) is 0 Å². The van der Waals surface area contributed by atoms with Crippen LogP contribution in [-0.2, 0) is 4.79 Å². The highest BCUT2D eigenvalue weighted by atomic mass is 16.3. The maximum absolute atomic E-state index is 11.6. The lowest BCUT2D eigenvalue weighted by molar-refractivity contribution is -0.138. The highest BCUT2D eigenvalue weighted by Gasteiger charge is 2.31. The second-order valence-electron chi connectivity index (χ2n) is 3.68. The number of aliphatic hydroxyl groups is 1. The van der Waals surface area contributed by atoms with Crippen LogP contribution in [0.1, 0.15) is 20.8 Å². The Balaban J connectivity index is 4.54. The minimum Gasteiger partial charge on any atom is -0.394 e. The van der Waals surface area contributed by atoms with E-state index in [9.17, 15) is 4.79 Å². The summed E-state index contributed by atoms with van der Waals surface area (Å²) in [7, 11) is 1.59. The average molecular weight is 184 g/mol. The predicted octanol–water partition coefficient (Wildman–Crippen LogP) is 0.375. The van der Waals surface area contributed by atoms with Gasteiger partial charge in [0.15, 0.2) is 0 Å². The number of likely N-dealkylation sites (N-methyl/N-ethyl adjacent to an activating group) is 1. The van der Waals surface area contributed by atoms with E-state index in [0.29, 0.717) is 0 Å². The molecule has 0 aliphatic heterocycles. The molecule has 0 bridgehead atoms. The predicted molar refractivity (Wildman–Crippen MR) is 48.7 cm³/mol. The molecule has 0 aliphatic rings. The Labute approximate surface area is 78.8 Å². The summed E-state index contributed by atoms with van der Waals surface area (Å²) < 4.78 is 0. The molecule has 0 fully saturated rings. The van der Waals surface area contributed by atoms with Crippen LogP contribution < -0.4 is 0 Å². The maximum Gasteiger partial charge on any atom is 0.242 e. The van der Waals surface area contributed by atoms with Crippen molar-refractivity contribution in [2.45, 2.75) is 26.8 Å². The first-order valence-electron chi connectivity index (χ1n) is 4.16. The molecule has 0 radical (unpaired) electrons. The largest absolute Gasteiger partial charge is 0.394 e. The number of carbonyl (C=O) groups excluding carboxylic acids is 1. The van der Waals surface area contributed by atoms with E-state index in [-0.39, 0.29) is 18.6 Å². The Morgan fingerprint density at radius 3 is 2.46 bits per heavy atom. The summed E-state index contributed by atoms with van der Waals surface area (Å²) in [6.07, 6.45) is 0. The summed E-state index contributed by atoms with van der Waals surface area (Å²) in [5.74, 6) is -0.267. The molecule has 0 saturated heterocycles. The van der Waals surface area contributed by atoms with Crippen molar-refractivity contribution in [2.24, 2.45) is 5.41 Å². The van der Waals surface area contributed by atoms with Crippen molar-refractivity contribution in [1.82, 2.24) is 4.90 Å². The Kier molecular flexibility index (Phi) is 3.89. The summed E-state index contributed by atoms with van der Waals surface area (Å²) in [5.41, 5.74) is -1.02. The number of amides is 1. The van der Waals surface area contributed by atoms with Gasteiger partial charge < -0.3 is 10.0 Å². The van der Waals surface area contributed by atoms with E-state index in [1.165, 1.54) is 4.90 Å². The summed E-state index contributed by atoms with van der Waals surface area (Å²) in [6, 6.07) is 1.68. The average Bonchev–Trinajstić information content (AvgIpc) is 2.14. The van der Waals surface area contributed by atoms with Gasteiger partial charge in [0.25, 0.3) is 0 Å². The van der Waals surface area contributed by atoms with Gasteiger partial charge in [-0.25, -0.2) is 0 Å². The van der Waals surface area contributed by atoms with Gasteiger partial charge in [0.1, 0.15) is 5.41 Å². The molecule has 0 aromatic heterocycles. The molecule has 13 heavy (non-hydrogen) atoms. The van der Waals surface area contributed by atoms with E-state index in [0.717, 1.165) is 0 Å². The molecule has 0 heterocycles. The number of rotatable bonds is 3. The van der Waals surface area contributed by atoms with Crippen molar-refractivity contribution < 1.29 is 9.90 Å². The first kappa shape index (κ1) is 11.9. The van der Waals surface area contributed by atoms with E-state index < -0.39 is 5.41 Å². The number of hydrogen-bond acceptors (Lipinski definition) is 3. The molecule has 0 rings (SSSR count). The summed E-state index contributed by atoms with van der Waals surface area (Å²) in [5, 5.41) is 17.5. The van der Waals surface area contributed by atoms with Gasteiger partial charge in [0.05, 0.1) is 18.7 Å². The van der Waals surface area contributed by atoms with Crippen LogP contribution in [0, 0.1) is 16.7 Å². The molecule has 4 nitrogen and oxygen atoms in total. The van der Waals surface area contributed by atoms with Crippen LogP contribution >= 0.6 is 0 Å². The van der Waals surface area contributed by atoms with Crippen LogP contribution in [-0.4, -0.2) is 35.6 Å². The highest BCUT2D eigenvalue weighted by molar-refractivity contribution is 5.84. The Bertz CT molecular complexity index is 230. The lowest BCUT2D eigenvalue weighted by Crippen LogP contribution is -2.44. The van der Waals surface area contributed by atoms with Crippen LogP contribution in [0.5, 0.6) is 0 Å². The van der Waals surface area contributed by atoms with Crippen molar-refractivity contribution in [3.8, 4) is 6.07 Å². The fraction of sp³-hybridized carbons (Fsp3) is 0.778. The van der Waals surface area contributed by atoms with Crippen LogP contribution in [0.25, 0.3) is 0 Å². The van der Waals surface area contributed by atoms with Crippen LogP contribution in [0.3, 0.4) is 0 Å². The Hall–Kier alpha value is -1.08. The monoisotopic (exact) mass is 184 g/mol. The van der Waals surface area contributed by atoms with Gasteiger partial charge in [-0.3, -0.25) is 4.79 Å². The summed E-state index contributed by atoms with van der Waals surface area (Å²) in [6.45, 7) is 4.76. The zero-order valence-corrected chi connectivity index (χ0v) is 8.53. The molecule has 1 N–H and O–H groups in total. The third-order valence-electron chi connectivity index (χ3n) is 2.06. The van der Waals surface area contributed by atoms with E-state index in [1.807, 2.05) is 6.07 Å². The fourth-order valence-corrected chi connectivity index (χ4v) is 0.811. The van der Waals surface area contributed by atoms with Crippen molar-refractivity contribution in [3.05, 3.63) is 0 Å². The van der Waals surface area contributed by atoms with Gasteiger partial charge in [0.2, 0.25) is 5.91 Å². The molecular weight excluding hydrogens is 168 g/mol. The van der Waals surface area contributed by atoms with Crippen molar-refractivity contribution in [1.29, 1.82) is 5.26 Å². The second-order valence-corrected chi connectivity index (χ2v) is 3.68. The molecule has 1 atom stereocenters. The third kappa shape index (κ3) is 2.71. The second kappa shape index (κ2) is 4.24. The molecule has 1 amide bonds. The normalized spacial score (nSPS) is 13.2. The van der Waals surface area contributed by atoms with E-state index in [1.54, 1.807) is 27.8 Å². The lowest BCUT2D eigenvalue weighted by atomic mass is 9.93. The number of nitrogens with zero attached hydrogens (tertiary/aromatic N) is 2. The molecule has 0 aliphatic carbocycles. The van der Waals surface area contributed by atoms with Gasteiger partial charge >= 0.3 is 0 Å². The minimum absolute atomic E-state index is 0.0935. The molecule has 0 spiro atoms. The van der Waals surface area contributed by atoms with Crippen molar-refractivity contribution >= 4 is 5.91 Å². The van der Waals surface area contributed by atoms with Gasteiger partial charge in [-0.05, 0) is 20.8 Å². The lowest BCUT2D eigenvalue weighted by Gasteiger charge is -2.28. The quantitative estimate of drug-likeness (QED) is 0.689. The number of hydrogen-bond donors (Lipinski definition) is 1. The SMILES string of the molecule is CC(CO)N(C)C(=O)C(C)(C)C#N. The molecule has 0 aromatic rings. The third-order valence-corrected chi connectivity index (χ3v) is 2.06. The minimum atomic E-state index is -1.02. The van der Waals surface area contributed by atoms with Gasteiger partial charge in [-0.1, -0.05) is 0 Å². The van der Waals surface area contributed by atoms with E-state index >= 15 is 0 Å². The molecule has 1 unspecified atom stereocenters. The fourth-order valence-electron chi connectivity index (χ4n) is 0.811. The van der Waals surface area contributed by atoms with Crippen molar-refractivity contribution in [2.75, 3.05) is 13.7 Å². The molecule has 0 aromatic carbocycles. The molecular formula is C9H16N2O2. The van der Waals surface area contributed by atoms with Gasteiger partial charge in [-0.15, -0.1) is 0 Å². The topological polar surface area (TPSA) is 64.3 Å². The Morgan fingerprint density at radius 1 is 1.69 bits per heavy atom. The van der Waals surface area contributed by atoms with Crippen molar-refractivity contribution in [3.63, 3.8) is 0 Å². The highest BCUT2D eigenvalue weighted by Crippen LogP contribution is 2.17. The molecule has 4 heteroatoms. The van der Waals surface area contributed by atoms with E-state index in [4.69, 9.17) is 10.4 Å². The number of carbonyl (C=O) groups is 1. The first-order chi connectivity index (χ1) is 5.86. The van der Waals surface area contributed by atoms with Crippen LogP contribution in [0.4, 0.5) is 0 Å². The number of nitriles is 1. The van der Waals surface area contributed by atoms with Crippen LogP contribution in [0.2, 0.25) is 0 Å². The standard InChI is InChI=1S/C9H16N2O2/c1-7(5-12)11(4)8(13)9(2,3)6-10/h7,12H,5H2,1-4H3. The molecule has 0 saturated carbocycles. The Morgan fingerprint density at radius 2 is 2.15 bits per heavy atom. The summed E-state index contributed by atoms with van der Waals surface area (Å²) >= 11 is 0. The van der Waals surface area contributed by atoms with Gasteiger partial charge in [-0.2, -0.15) is 5.26 Å². The summed E-state index contributed by atoms with van der Waals surface area (Å²) in [4.78, 5) is 13.0. The number of aliphatic hydroxyl groups excluding tert-OH is 1.